The van der Waals surface area contributed by atoms with Gasteiger partial charge in [-0.15, -0.1) is 0 Å². The van der Waals surface area contributed by atoms with E-state index < -0.39 is 0 Å². The molecule has 3 heteroatoms. The Balaban J connectivity index is 2.34. The van der Waals surface area contributed by atoms with Crippen molar-refractivity contribution in [1.82, 2.24) is 5.32 Å². The summed E-state index contributed by atoms with van der Waals surface area (Å²) in [5.41, 5.74) is 2.83. The second kappa shape index (κ2) is 5.44. The SMILES string of the molecule is CCNC1CC(C)SCc2ccc(Cl)cc21. The Hall–Kier alpha value is -0.180. The van der Waals surface area contributed by atoms with Gasteiger partial charge < -0.3 is 5.32 Å². The molecule has 1 aliphatic rings. The highest BCUT2D eigenvalue weighted by Gasteiger charge is 2.22. The summed E-state index contributed by atoms with van der Waals surface area (Å²) in [6, 6.07) is 6.76. The number of rotatable bonds is 2. The number of halogens is 1. The summed E-state index contributed by atoms with van der Waals surface area (Å²) < 4.78 is 0. The fourth-order valence-electron chi connectivity index (χ4n) is 2.22. The van der Waals surface area contributed by atoms with Gasteiger partial charge in [0.2, 0.25) is 0 Å². The number of thioether (sulfide) groups is 1. The van der Waals surface area contributed by atoms with Crippen LogP contribution >= 0.6 is 23.4 Å². The second-order valence-corrected chi connectivity index (χ2v) is 6.17. The molecule has 0 bridgehead atoms. The molecule has 2 unspecified atom stereocenters. The van der Waals surface area contributed by atoms with Gasteiger partial charge in [0.15, 0.2) is 0 Å². The van der Waals surface area contributed by atoms with Crippen LogP contribution in [0.25, 0.3) is 0 Å². The predicted molar refractivity (Wildman–Crippen MR) is 73.2 cm³/mol. The van der Waals surface area contributed by atoms with Gasteiger partial charge in [0.1, 0.15) is 0 Å². The highest BCUT2D eigenvalue weighted by Crippen LogP contribution is 2.35. The minimum atomic E-state index is 0.462. The molecule has 1 heterocycles. The first kappa shape index (κ1) is 12.3. The summed E-state index contributed by atoms with van der Waals surface area (Å²) in [7, 11) is 0. The topological polar surface area (TPSA) is 12.0 Å². The van der Waals surface area contributed by atoms with E-state index in [4.69, 9.17) is 11.6 Å². The lowest BCUT2D eigenvalue weighted by atomic mass is 9.98. The van der Waals surface area contributed by atoms with Gasteiger partial charge in [0.05, 0.1) is 0 Å². The van der Waals surface area contributed by atoms with E-state index in [1.807, 2.05) is 17.8 Å². The number of benzene rings is 1. The molecule has 1 aliphatic heterocycles. The second-order valence-electron chi connectivity index (χ2n) is 4.31. The normalized spacial score (nSPS) is 24.9. The zero-order chi connectivity index (χ0) is 11.5. The van der Waals surface area contributed by atoms with E-state index in [0.717, 1.165) is 17.3 Å². The molecular formula is C13H18ClNS. The van der Waals surface area contributed by atoms with E-state index >= 15 is 0 Å². The zero-order valence-corrected chi connectivity index (χ0v) is 11.4. The first-order chi connectivity index (χ1) is 7.70. The summed E-state index contributed by atoms with van der Waals surface area (Å²) >= 11 is 8.13. The van der Waals surface area contributed by atoms with Crippen LogP contribution in [0.2, 0.25) is 5.02 Å². The van der Waals surface area contributed by atoms with Gasteiger partial charge in [-0.05, 0) is 36.2 Å². The molecule has 0 amide bonds. The molecule has 0 spiro atoms. The van der Waals surface area contributed by atoms with Gasteiger partial charge in [-0.1, -0.05) is 31.5 Å². The Bertz CT molecular complexity index is 367. The van der Waals surface area contributed by atoms with E-state index in [1.165, 1.54) is 17.5 Å². The van der Waals surface area contributed by atoms with E-state index in [2.05, 4.69) is 31.3 Å². The summed E-state index contributed by atoms with van der Waals surface area (Å²) in [5, 5.41) is 5.12. The molecular weight excluding hydrogens is 238 g/mol. The fourth-order valence-corrected chi connectivity index (χ4v) is 3.46. The number of fused-ring (bicyclic) bond motifs is 1. The summed E-state index contributed by atoms with van der Waals surface area (Å²) in [4.78, 5) is 0. The third-order valence-corrected chi connectivity index (χ3v) is 4.50. The van der Waals surface area contributed by atoms with Crippen LogP contribution in [-0.2, 0) is 5.75 Å². The Morgan fingerprint density at radius 1 is 1.50 bits per heavy atom. The molecule has 0 aromatic heterocycles. The predicted octanol–water partition coefficient (Wildman–Crippen LogP) is 4.02. The van der Waals surface area contributed by atoms with E-state index in [-0.39, 0.29) is 0 Å². The summed E-state index contributed by atoms with van der Waals surface area (Å²) in [6.45, 7) is 5.48. The van der Waals surface area contributed by atoms with Gasteiger partial charge in [-0.2, -0.15) is 11.8 Å². The summed E-state index contributed by atoms with van der Waals surface area (Å²) in [5.74, 6) is 1.11. The van der Waals surface area contributed by atoms with Crippen molar-refractivity contribution in [2.45, 2.75) is 37.3 Å². The van der Waals surface area contributed by atoms with Crippen LogP contribution in [0.4, 0.5) is 0 Å². The highest BCUT2D eigenvalue weighted by atomic mass is 35.5. The van der Waals surface area contributed by atoms with Crippen LogP contribution < -0.4 is 5.32 Å². The van der Waals surface area contributed by atoms with Crippen LogP contribution in [-0.4, -0.2) is 11.8 Å². The molecule has 1 N–H and O–H groups in total. The number of nitrogens with one attached hydrogen (secondary N) is 1. The van der Waals surface area contributed by atoms with Crippen LogP contribution in [0.1, 0.15) is 37.4 Å². The molecule has 16 heavy (non-hydrogen) atoms. The number of hydrogen-bond donors (Lipinski definition) is 1. The van der Waals surface area contributed by atoms with Crippen LogP contribution in [0.3, 0.4) is 0 Å². The van der Waals surface area contributed by atoms with Crippen molar-refractivity contribution in [2.24, 2.45) is 0 Å². The monoisotopic (exact) mass is 255 g/mol. The van der Waals surface area contributed by atoms with E-state index in [0.29, 0.717) is 11.3 Å². The third kappa shape index (κ3) is 2.73. The van der Waals surface area contributed by atoms with Crippen molar-refractivity contribution >= 4 is 23.4 Å². The van der Waals surface area contributed by atoms with Crippen molar-refractivity contribution in [3.05, 3.63) is 34.3 Å². The average Bonchev–Trinajstić information content (AvgIpc) is 2.40. The van der Waals surface area contributed by atoms with Crippen LogP contribution in [0.15, 0.2) is 18.2 Å². The van der Waals surface area contributed by atoms with Crippen molar-refractivity contribution in [3.63, 3.8) is 0 Å². The zero-order valence-electron chi connectivity index (χ0n) is 9.79. The lowest BCUT2D eigenvalue weighted by molar-refractivity contribution is 0.516. The van der Waals surface area contributed by atoms with Crippen LogP contribution in [0.5, 0.6) is 0 Å². The maximum Gasteiger partial charge on any atom is 0.0409 e. The Morgan fingerprint density at radius 3 is 3.06 bits per heavy atom. The molecule has 0 fully saturated rings. The highest BCUT2D eigenvalue weighted by molar-refractivity contribution is 7.99. The van der Waals surface area contributed by atoms with Gasteiger partial charge in [-0.3, -0.25) is 0 Å². The van der Waals surface area contributed by atoms with E-state index in [9.17, 15) is 0 Å². The largest absolute Gasteiger partial charge is 0.310 e. The number of hydrogen-bond acceptors (Lipinski definition) is 2. The maximum absolute atomic E-state index is 6.10. The van der Waals surface area contributed by atoms with Gasteiger partial charge >= 0.3 is 0 Å². The molecule has 0 saturated carbocycles. The first-order valence-corrected chi connectivity index (χ1v) is 7.26. The molecule has 88 valence electrons. The molecule has 0 radical (unpaired) electrons. The molecule has 1 nitrogen and oxygen atoms in total. The Kier molecular flexibility index (Phi) is 4.17. The van der Waals surface area contributed by atoms with Crippen molar-refractivity contribution in [3.8, 4) is 0 Å². The molecule has 0 aliphatic carbocycles. The van der Waals surface area contributed by atoms with Crippen molar-refractivity contribution in [2.75, 3.05) is 6.54 Å². The standard InChI is InChI=1S/C13H18ClNS/c1-3-15-13-6-9(2)16-8-10-4-5-11(14)7-12(10)13/h4-5,7,9,13,15H,3,6,8H2,1-2H3. The Morgan fingerprint density at radius 2 is 2.31 bits per heavy atom. The molecule has 0 saturated heterocycles. The van der Waals surface area contributed by atoms with Crippen LogP contribution in [0, 0.1) is 0 Å². The smallest absolute Gasteiger partial charge is 0.0409 e. The molecule has 2 rings (SSSR count). The average molecular weight is 256 g/mol. The fraction of sp³-hybridized carbons (Fsp3) is 0.538. The third-order valence-electron chi connectivity index (χ3n) is 3.02. The molecule has 2 atom stereocenters. The lowest BCUT2D eigenvalue weighted by Gasteiger charge is -2.20. The van der Waals surface area contributed by atoms with E-state index in [1.54, 1.807) is 0 Å². The minimum Gasteiger partial charge on any atom is -0.310 e. The Labute approximate surface area is 107 Å². The van der Waals surface area contributed by atoms with Crippen molar-refractivity contribution < 1.29 is 0 Å². The van der Waals surface area contributed by atoms with Crippen molar-refractivity contribution in [1.29, 1.82) is 0 Å². The minimum absolute atomic E-state index is 0.462. The first-order valence-electron chi connectivity index (χ1n) is 5.84. The van der Waals surface area contributed by atoms with Gasteiger partial charge in [-0.25, -0.2) is 0 Å². The summed E-state index contributed by atoms with van der Waals surface area (Å²) in [6.07, 6.45) is 1.19. The quantitative estimate of drug-likeness (QED) is 0.857. The molecule has 1 aromatic carbocycles. The van der Waals surface area contributed by atoms with Gasteiger partial charge in [0.25, 0.3) is 0 Å². The lowest BCUT2D eigenvalue weighted by Crippen LogP contribution is -2.23. The maximum atomic E-state index is 6.10. The molecule has 1 aromatic rings. The van der Waals surface area contributed by atoms with Gasteiger partial charge in [0, 0.05) is 22.1 Å².